The predicted octanol–water partition coefficient (Wildman–Crippen LogP) is 3.55. The highest BCUT2D eigenvalue weighted by Crippen LogP contribution is 2.26. The Hall–Kier alpha value is -0.540. The Bertz CT molecular complexity index is 352. The first-order chi connectivity index (χ1) is 7.13. The molecule has 0 bridgehead atoms. The van der Waals surface area contributed by atoms with E-state index in [-0.39, 0.29) is 5.24 Å². The number of ether oxygens (including phenoxy) is 1. The Labute approximate surface area is 103 Å². The highest BCUT2D eigenvalue weighted by Gasteiger charge is 2.02. The van der Waals surface area contributed by atoms with Crippen LogP contribution in [-0.4, -0.2) is 12.4 Å². The van der Waals surface area contributed by atoms with Crippen LogP contribution in [-0.2, 0) is 11.2 Å². The maximum atomic E-state index is 10.5. The van der Waals surface area contributed by atoms with Crippen molar-refractivity contribution >= 4 is 32.8 Å². The number of carbonyl (C=O) groups is 1. The van der Waals surface area contributed by atoms with Gasteiger partial charge in [-0.05, 0) is 58.1 Å². The van der Waals surface area contributed by atoms with Crippen LogP contribution in [0.25, 0.3) is 0 Å². The first kappa shape index (κ1) is 12.5. The minimum atomic E-state index is -0.275. The van der Waals surface area contributed by atoms with E-state index in [9.17, 15) is 4.79 Å². The minimum absolute atomic E-state index is 0.275. The molecular weight excluding hydrogens is 279 g/mol. The van der Waals surface area contributed by atoms with E-state index in [4.69, 9.17) is 16.3 Å². The molecule has 1 aromatic rings. The van der Waals surface area contributed by atoms with E-state index in [2.05, 4.69) is 15.9 Å². The number of carbonyl (C=O) groups excluding carboxylic acids is 1. The predicted molar refractivity (Wildman–Crippen MR) is 64.5 cm³/mol. The van der Waals surface area contributed by atoms with Gasteiger partial charge in [0.05, 0.1) is 11.6 Å². The van der Waals surface area contributed by atoms with Crippen molar-refractivity contribution in [2.45, 2.75) is 19.3 Å². The lowest BCUT2D eigenvalue weighted by atomic mass is 10.1. The summed E-state index contributed by atoms with van der Waals surface area (Å²) in [4.78, 5) is 10.5. The van der Waals surface area contributed by atoms with Crippen LogP contribution in [0.3, 0.4) is 0 Å². The van der Waals surface area contributed by atoms with Crippen LogP contribution in [0.4, 0.5) is 0 Å². The zero-order valence-electron chi connectivity index (χ0n) is 8.43. The summed E-state index contributed by atoms with van der Waals surface area (Å²) in [6.07, 6.45) is 2.05. The molecule has 0 aliphatic carbocycles. The van der Waals surface area contributed by atoms with Gasteiger partial charge in [-0.25, -0.2) is 0 Å². The largest absolute Gasteiger partial charge is 0.496 e. The fourth-order valence-corrected chi connectivity index (χ4v) is 2.02. The maximum absolute atomic E-state index is 10.5. The molecule has 4 heteroatoms. The fraction of sp³-hybridized carbons (Fsp3) is 0.364. The van der Waals surface area contributed by atoms with Crippen molar-refractivity contribution < 1.29 is 9.53 Å². The van der Waals surface area contributed by atoms with Crippen LogP contribution < -0.4 is 4.74 Å². The number of halogens is 2. The Balaban J connectivity index is 2.55. The summed E-state index contributed by atoms with van der Waals surface area (Å²) >= 11 is 8.66. The molecule has 1 rings (SSSR count). The summed E-state index contributed by atoms with van der Waals surface area (Å²) in [5.41, 5.74) is 1.17. The third-order valence-corrected chi connectivity index (χ3v) is 2.86. The smallest absolute Gasteiger partial charge is 0.221 e. The van der Waals surface area contributed by atoms with Gasteiger partial charge in [-0.2, -0.15) is 0 Å². The van der Waals surface area contributed by atoms with Gasteiger partial charge in [0.2, 0.25) is 5.24 Å². The molecular formula is C11H12BrClO2. The molecule has 0 saturated heterocycles. The van der Waals surface area contributed by atoms with Crippen molar-refractivity contribution in [2.75, 3.05) is 7.11 Å². The van der Waals surface area contributed by atoms with Gasteiger partial charge in [-0.15, -0.1) is 0 Å². The molecule has 0 fully saturated rings. The molecule has 0 aliphatic rings. The van der Waals surface area contributed by atoms with Crippen molar-refractivity contribution in [3.63, 3.8) is 0 Å². The van der Waals surface area contributed by atoms with Gasteiger partial charge in [0.15, 0.2) is 0 Å². The maximum Gasteiger partial charge on any atom is 0.221 e. The second-order valence-electron chi connectivity index (χ2n) is 3.18. The van der Waals surface area contributed by atoms with E-state index in [1.54, 1.807) is 7.11 Å². The number of benzene rings is 1. The minimum Gasteiger partial charge on any atom is -0.496 e. The van der Waals surface area contributed by atoms with Gasteiger partial charge in [-0.1, -0.05) is 6.07 Å². The Kier molecular flexibility index (Phi) is 5.12. The van der Waals surface area contributed by atoms with E-state index in [1.807, 2.05) is 18.2 Å². The summed E-state index contributed by atoms with van der Waals surface area (Å²) in [6, 6.07) is 5.89. The van der Waals surface area contributed by atoms with Crippen molar-refractivity contribution in [1.29, 1.82) is 0 Å². The normalized spacial score (nSPS) is 10.1. The van der Waals surface area contributed by atoms with Gasteiger partial charge in [0, 0.05) is 6.42 Å². The van der Waals surface area contributed by atoms with Gasteiger partial charge < -0.3 is 4.74 Å². The molecule has 0 unspecified atom stereocenters. The number of hydrogen-bond donors (Lipinski definition) is 0. The average Bonchev–Trinajstić information content (AvgIpc) is 2.17. The first-order valence-corrected chi connectivity index (χ1v) is 5.81. The summed E-state index contributed by atoms with van der Waals surface area (Å²) in [5.74, 6) is 0.812. The SMILES string of the molecule is COc1ccc(CCCC(=O)Cl)cc1Br. The lowest BCUT2D eigenvalue weighted by Crippen LogP contribution is -1.91. The third kappa shape index (κ3) is 4.22. The van der Waals surface area contributed by atoms with Crippen LogP contribution in [0.1, 0.15) is 18.4 Å². The molecule has 0 heterocycles. The second kappa shape index (κ2) is 6.13. The fourth-order valence-electron chi connectivity index (χ4n) is 1.30. The molecule has 0 saturated carbocycles. The van der Waals surface area contributed by atoms with E-state index >= 15 is 0 Å². The van der Waals surface area contributed by atoms with Crippen LogP contribution in [0, 0.1) is 0 Å². The Morgan fingerprint density at radius 2 is 2.27 bits per heavy atom. The molecule has 0 radical (unpaired) electrons. The first-order valence-electron chi connectivity index (χ1n) is 4.64. The van der Waals surface area contributed by atoms with Crippen molar-refractivity contribution in [1.82, 2.24) is 0 Å². The molecule has 0 aromatic heterocycles. The molecule has 1 aromatic carbocycles. The summed E-state index contributed by atoms with van der Waals surface area (Å²) < 4.78 is 6.05. The third-order valence-electron chi connectivity index (χ3n) is 2.05. The number of aryl methyl sites for hydroxylation is 1. The van der Waals surface area contributed by atoms with E-state index < -0.39 is 0 Å². The van der Waals surface area contributed by atoms with Crippen molar-refractivity contribution in [3.05, 3.63) is 28.2 Å². The lowest BCUT2D eigenvalue weighted by Gasteiger charge is -2.05. The molecule has 0 atom stereocenters. The van der Waals surface area contributed by atoms with E-state index in [1.165, 1.54) is 5.56 Å². The number of hydrogen-bond acceptors (Lipinski definition) is 2. The Morgan fingerprint density at radius 1 is 1.53 bits per heavy atom. The summed E-state index contributed by atoms with van der Waals surface area (Å²) in [6.45, 7) is 0. The zero-order chi connectivity index (χ0) is 11.3. The summed E-state index contributed by atoms with van der Waals surface area (Å²) in [5, 5.41) is -0.275. The standard InChI is InChI=1S/C11H12BrClO2/c1-15-10-6-5-8(7-9(10)12)3-2-4-11(13)14/h5-7H,2-4H2,1H3. The van der Waals surface area contributed by atoms with Crippen molar-refractivity contribution in [3.8, 4) is 5.75 Å². The summed E-state index contributed by atoms with van der Waals surface area (Å²) in [7, 11) is 1.63. The highest BCUT2D eigenvalue weighted by molar-refractivity contribution is 9.10. The van der Waals surface area contributed by atoms with Crippen LogP contribution >= 0.6 is 27.5 Å². The van der Waals surface area contributed by atoms with Crippen LogP contribution in [0.5, 0.6) is 5.75 Å². The van der Waals surface area contributed by atoms with Gasteiger partial charge >= 0.3 is 0 Å². The molecule has 0 amide bonds. The van der Waals surface area contributed by atoms with Gasteiger partial charge in [0.25, 0.3) is 0 Å². The molecule has 2 nitrogen and oxygen atoms in total. The van der Waals surface area contributed by atoms with Crippen LogP contribution in [0.15, 0.2) is 22.7 Å². The molecule has 0 aliphatic heterocycles. The monoisotopic (exact) mass is 290 g/mol. The van der Waals surface area contributed by atoms with E-state index in [0.29, 0.717) is 6.42 Å². The van der Waals surface area contributed by atoms with Crippen LogP contribution in [0.2, 0.25) is 0 Å². The molecule has 0 spiro atoms. The quantitative estimate of drug-likeness (QED) is 0.776. The topological polar surface area (TPSA) is 26.3 Å². The van der Waals surface area contributed by atoms with Gasteiger partial charge in [0.1, 0.15) is 5.75 Å². The highest BCUT2D eigenvalue weighted by atomic mass is 79.9. The van der Waals surface area contributed by atoms with Crippen molar-refractivity contribution in [2.24, 2.45) is 0 Å². The second-order valence-corrected chi connectivity index (χ2v) is 4.45. The Morgan fingerprint density at radius 3 is 2.80 bits per heavy atom. The number of rotatable bonds is 5. The molecule has 82 valence electrons. The van der Waals surface area contributed by atoms with Gasteiger partial charge in [-0.3, -0.25) is 4.79 Å². The van der Waals surface area contributed by atoms with E-state index in [0.717, 1.165) is 23.1 Å². The zero-order valence-corrected chi connectivity index (χ0v) is 10.8. The molecule has 15 heavy (non-hydrogen) atoms. The molecule has 0 N–H and O–H groups in total. The lowest BCUT2D eigenvalue weighted by molar-refractivity contribution is -0.111. The average molecular weight is 292 g/mol. The number of methoxy groups -OCH3 is 1.